The molecule has 0 fully saturated rings. The zero-order valence-electron chi connectivity index (χ0n) is 7.16. The van der Waals surface area contributed by atoms with Crippen LogP contribution in [0.5, 0.6) is 0 Å². The van der Waals surface area contributed by atoms with Crippen LogP contribution in [0.1, 0.15) is 12.0 Å². The predicted octanol–water partition coefficient (Wildman–Crippen LogP) is 2.53. The van der Waals surface area contributed by atoms with Crippen LogP contribution in [0.4, 0.5) is 5.69 Å². The van der Waals surface area contributed by atoms with Gasteiger partial charge in [0.05, 0.1) is 12.3 Å². The van der Waals surface area contributed by atoms with Crippen LogP contribution in [0.15, 0.2) is 35.3 Å². The van der Waals surface area contributed by atoms with E-state index in [1.54, 1.807) is 0 Å². The van der Waals surface area contributed by atoms with E-state index in [9.17, 15) is 0 Å². The Labute approximate surface area is 76.6 Å². The zero-order valence-corrected chi connectivity index (χ0v) is 7.16. The van der Waals surface area contributed by atoms with Crippen LogP contribution >= 0.6 is 0 Å². The summed E-state index contributed by atoms with van der Waals surface area (Å²) in [6, 6.07) is 8.14. The summed E-state index contributed by atoms with van der Waals surface area (Å²) >= 11 is 0. The molecule has 1 aromatic rings. The van der Waals surface area contributed by atoms with Crippen molar-refractivity contribution in [3.8, 4) is 0 Å². The number of benzene rings is 1. The number of aliphatic imine (C=N–C) groups is 1. The van der Waals surface area contributed by atoms with Gasteiger partial charge in [0.2, 0.25) is 5.90 Å². The van der Waals surface area contributed by atoms with E-state index in [1.165, 1.54) is 11.1 Å². The number of rotatable bonds is 0. The molecule has 0 saturated carbocycles. The number of para-hydroxylation sites is 1. The molecule has 0 bridgehead atoms. The number of nitrogens with zero attached hydrogens (tertiary/aromatic N) is 1. The van der Waals surface area contributed by atoms with Crippen molar-refractivity contribution in [2.45, 2.75) is 6.42 Å². The van der Waals surface area contributed by atoms with Crippen LogP contribution in [0.25, 0.3) is 5.57 Å². The second-order valence-electron chi connectivity index (χ2n) is 3.19. The lowest BCUT2D eigenvalue weighted by Gasteiger charge is -2.11. The molecule has 0 aliphatic carbocycles. The molecule has 0 radical (unpaired) electrons. The molecule has 0 atom stereocenters. The first-order valence-corrected chi connectivity index (χ1v) is 4.46. The lowest BCUT2D eigenvalue weighted by Crippen LogP contribution is -2.09. The van der Waals surface area contributed by atoms with Crippen LogP contribution in [0.3, 0.4) is 0 Å². The van der Waals surface area contributed by atoms with E-state index in [-0.39, 0.29) is 0 Å². The number of ether oxygens (including phenoxy) is 1. The highest BCUT2D eigenvalue weighted by Gasteiger charge is 2.23. The Kier molecular flexibility index (Phi) is 1.30. The molecule has 0 N–H and O–H groups in total. The smallest absolute Gasteiger partial charge is 0.221 e. The molecular formula is C11H9NO. The van der Waals surface area contributed by atoms with E-state index in [0.29, 0.717) is 0 Å². The lowest BCUT2D eigenvalue weighted by atomic mass is 10.0. The summed E-state index contributed by atoms with van der Waals surface area (Å²) in [6.45, 7) is 0.760. The summed E-state index contributed by atoms with van der Waals surface area (Å²) in [5.41, 5.74) is 3.41. The van der Waals surface area contributed by atoms with Crippen molar-refractivity contribution in [2.24, 2.45) is 4.99 Å². The minimum Gasteiger partial charge on any atom is -0.477 e. The third-order valence-electron chi connectivity index (χ3n) is 2.35. The maximum atomic E-state index is 5.47. The average molecular weight is 171 g/mol. The summed E-state index contributed by atoms with van der Waals surface area (Å²) < 4.78 is 5.47. The van der Waals surface area contributed by atoms with Crippen LogP contribution < -0.4 is 0 Å². The van der Waals surface area contributed by atoms with Gasteiger partial charge in [0.1, 0.15) is 0 Å². The number of hydrogen-bond donors (Lipinski definition) is 0. The Morgan fingerprint density at radius 3 is 3.15 bits per heavy atom. The average Bonchev–Trinajstić information content (AvgIpc) is 2.56. The maximum Gasteiger partial charge on any atom is 0.221 e. The van der Waals surface area contributed by atoms with Crippen molar-refractivity contribution in [1.82, 2.24) is 0 Å². The summed E-state index contributed by atoms with van der Waals surface area (Å²) in [6.07, 6.45) is 3.19. The Hall–Kier alpha value is -1.57. The van der Waals surface area contributed by atoms with Crippen molar-refractivity contribution >= 4 is 17.2 Å². The minimum absolute atomic E-state index is 0.760. The van der Waals surface area contributed by atoms with Gasteiger partial charge < -0.3 is 4.74 Å². The van der Waals surface area contributed by atoms with Gasteiger partial charge in [-0.25, -0.2) is 4.99 Å². The number of hydrogen-bond acceptors (Lipinski definition) is 2. The molecule has 0 spiro atoms. The number of fused-ring (bicyclic) bond motifs is 3. The minimum atomic E-state index is 0.760. The van der Waals surface area contributed by atoms with Gasteiger partial charge in [-0.3, -0.25) is 0 Å². The summed E-state index contributed by atoms with van der Waals surface area (Å²) in [5, 5.41) is 0. The molecule has 0 aromatic heterocycles. The van der Waals surface area contributed by atoms with Crippen molar-refractivity contribution < 1.29 is 4.74 Å². The van der Waals surface area contributed by atoms with E-state index in [2.05, 4.69) is 17.1 Å². The zero-order chi connectivity index (χ0) is 8.67. The van der Waals surface area contributed by atoms with Gasteiger partial charge in [0.25, 0.3) is 0 Å². The molecule has 0 amide bonds. The van der Waals surface area contributed by atoms with Gasteiger partial charge in [-0.1, -0.05) is 24.3 Å². The molecule has 0 saturated heterocycles. The highest BCUT2D eigenvalue weighted by molar-refractivity contribution is 6.25. The molecule has 1 aromatic carbocycles. The molecule has 2 aliphatic rings. The van der Waals surface area contributed by atoms with Gasteiger partial charge >= 0.3 is 0 Å². The van der Waals surface area contributed by atoms with Gasteiger partial charge in [-0.05, 0) is 6.07 Å². The van der Waals surface area contributed by atoms with Gasteiger partial charge in [-0.15, -0.1) is 0 Å². The lowest BCUT2D eigenvalue weighted by molar-refractivity contribution is 0.312. The summed E-state index contributed by atoms with van der Waals surface area (Å²) in [5.74, 6) is 0.799. The normalized spacial score (nSPS) is 18.2. The Morgan fingerprint density at radius 2 is 2.15 bits per heavy atom. The van der Waals surface area contributed by atoms with Crippen LogP contribution in [-0.4, -0.2) is 12.5 Å². The van der Waals surface area contributed by atoms with Crippen LogP contribution in [-0.2, 0) is 4.74 Å². The van der Waals surface area contributed by atoms with E-state index in [4.69, 9.17) is 4.74 Å². The molecule has 2 heterocycles. The van der Waals surface area contributed by atoms with Gasteiger partial charge in [-0.2, -0.15) is 0 Å². The SMILES string of the molecule is C1=C2C(=Nc3ccccc32)OCC1. The highest BCUT2D eigenvalue weighted by Crippen LogP contribution is 2.36. The Balaban J connectivity index is 2.23. The fourth-order valence-electron chi connectivity index (χ4n) is 1.75. The fraction of sp³-hybridized carbons (Fsp3) is 0.182. The van der Waals surface area contributed by atoms with Crippen LogP contribution in [0, 0.1) is 0 Å². The molecule has 2 aliphatic heterocycles. The largest absolute Gasteiger partial charge is 0.477 e. The first-order valence-electron chi connectivity index (χ1n) is 4.46. The van der Waals surface area contributed by atoms with Gasteiger partial charge in [0.15, 0.2) is 0 Å². The Bertz CT molecular complexity index is 418. The molecule has 3 rings (SSSR count). The maximum absolute atomic E-state index is 5.47. The van der Waals surface area contributed by atoms with Crippen LogP contribution in [0.2, 0.25) is 0 Å². The first-order chi connectivity index (χ1) is 6.45. The van der Waals surface area contributed by atoms with E-state index < -0.39 is 0 Å². The quantitative estimate of drug-likeness (QED) is 0.587. The third-order valence-corrected chi connectivity index (χ3v) is 2.35. The van der Waals surface area contributed by atoms with Gasteiger partial charge in [0, 0.05) is 17.6 Å². The van der Waals surface area contributed by atoms with Crippen molar-refractivity contribution in [3.63, 3.8) is 0 Å². The van der Waals surface area contributed by atoms with E-state index >= 15 is 0 Å². The highest BCUT2D eigenvalue weighted by atomic mass is 16.5. The standard InChI is InChI=1S/C11H9NO/c1-2-6-10-8(4-1)9-5-3-7-13-11(9)12-10/h1-2,4-6H,3,7H2. The van der Waals surface area contributed by atoms with E-state index in [0.717, 1.165) is 24.6 Å². The topological polar surface area (TPSA) is 21.6 Å². The van der Waals surface area contributed by atoms with Crippen molar-refractivity contribution in [1.29, 1.82) is 0 Å². The van der Waals surface area contributed by atoms with E-state index in [1.807, 2.05) is 18.2 Å². The molecular weight excluding hydrogens is 162 g/mol. The summed E-state index contributed by atoms with van der Waals surface area (Å²) in [4.78, 5) is 4.40. The monoisotopic (exact) mass is 171 g/mol. The second-order valence-corrected chi connectivity index (χ2v) is 3.19. The predicted molar refractivity (Wildman–Crippen MR) is 52.1 cm³/mol. The molecule has 0 unspecified atom stereocenters. The van der Waals surface area contributed by atoms with Crippen molar-refractivity contribution in [3.05, 3.63) is 35.9 Å². The first kappa shape index (κ1) is 6.89. The summed E-state index contributed by atoms with van der Waals surface area (Å²) in [7, 11) is 0. The molecule has 64 valence electrons. The molecule has 2 heteroatoms. The third kappa shape index (κ3) is 0.917. The fourth-order valence-corrected chi connectivity index (χ4v) is 1.75. The molecule has 13 heavy (non-hydrogen) atoms. The second kappa shape index (κ2) is 2.46. The molecule has 2 nitrogen and oxygen atoms in total. The Morgan fingerprint density at radius 1 is 1.23 bits per heavy atom. The van der Waals surface area contributed by atoms with Crippen molar-refractivity contribution in [2.75, 3.05) is 6.61 Å².